The van der Waals surface area contributed by atoms with E-state index in [2.05, 4.69) is 40.4 Å². The van der Waals surface area contributed by atoms with E-state index in [1.165, 1.54) is 0 Å². The van der Waals surface area contributed by atoms with Crippen molar-refractivity contribution < 1.29 is 0 Å². The number of rotatable bonds is 10. The lowest BCUT2D eigenvalue weighted by Gasteiger charge is -2.48. The van der Waals surface area contributed by atoms with Gasteiger partial charge in [0, 0.05) is 94.9 Å². The highest BCUT2D eigenvalue weighted by atomic mass is 79.9. The molecule has 33 heavy (non-hydrogen) atoms. The first kappa shape index (κ1) is 23.2. The van der Waals surface area contributed by atoms with Crippen LogP contribution in [0.25, 0.3) is 0 Å². The average Bonchev–Trinajstić information content (AvgIpc) is 2.86. The third-order valence-electron chi connectivity index (χ3n) is 6.00. The fourth-order valence-corrected chi connectivity index (χ4v) is 4.93. The molecule has 4 aromatic rings. The summed E-state index contributed by atoms with van der Waals surface area (Å²) in [5.74, 6) is 0. The maximum Gasteiger partial charge on any atom is 0.0583 e. The zero-order valence-electron chi connectivity index (χ0n) is 18.3. The molecule has 0 spiro atoms. The minimum Gasteiger partial charge on any atom is -0.323 e. The Hall–Kier alpha value is -3.00. The Morgan fingerprint density at radius 1 is 0.576 bits per heavy atom. The number of pyridine rings is 4. The van der Waals surface area contributed by atoms with Crippen molar-refractivity contribution in [1.82, 2.24) is 24.3 Å². The second-order valence-corrected chi connectivity index (χ2v) is 8.72. The molecule has 6 nitrogen and oxygen atoms in total. The van der Waals surface area contributed by atoms with Gasteiger partial charge in [0.25, 0.3) is 0 Å². The van der Waals surface area contributed by atoms with Gasteiger partial charge < -0.3 is 5.73 Å². The summed E-state index contributed by atoms with van der Waals surface area (Å²) in [7, 11) is 0. The Morgan fingerprint density at radius 3 is 1.18 bits per heavy atom. The van der Waals surface area contributed by atoms with Crippen LogP contribution in [-0.2, 0) is 25.7 Å². The topological polar surface area (TPSA) is 89.6 Å². The van der Waals surface area contributed by atoms with Crippen LogP contribution < -0.4 is 10.1 Å². The van der Waals surface area contributed by atoms with Crippen molar-refractivity contribution in [2.24, 2.45) is 5.73 Å². The van der Waals surface area contributed by atoms with E-state index in [1.54, 1.807) is 12.4 Å². The quantitative estimate of drug-likeness (QED) is 0.320. The number of nitrogens with two attached hydrogens (primary N) is 1. The molecule has 4 rings (SSSR count). The Labute approximate surface area is 203 Å². The van der Waals surface area contributed by atoms with E-state index in [4.69, 9.17) is 5.73 Å². The van der Waals surface area contributed by atoms with Crippen molar-refractivity contribution in [3.05, 3.63) is 120 Å². The first-order valence-corrected chi connectivity index (χ1v) is 11.7. The molecule has 168 valence electrons. The fourth-order valence-electron chi connectivity index (χ4n) is 4.25. The molecule has 0 amide bonds. The number of nitrogens with zero attached hydrogens (tertiary/aromatic N) is 4. The van der Waals surface area contributed by atoms with E-state index in [9.17, 15) is 0 Å². The molecule has 0 saturated heterocycles. The molecule has 4 aromatic heterocycles. The highest BCUT2D eigenvalue weighted by Crippen LogP contribution is 2.34. The maximum atomic E-state index is 7.42. The van der Waals surface area contributed by atoms with Crippen molar-refractivity contribution in [2.75, 3.05) is 0 Å². The van der Waals surface area contributed by atoms with Gasteiger partial charge >= 0.3 is 0 Å². The van der Waals surface area contributed by atoms with E-state index < -0.39 is 11.1 Å². The minimum atomic E-state index is -0.783. The van der Waals surface area contributed by atoms with Crippen LogP contribution in [0.3, 0.4) is 0 Å². The molecular weight excluding hydrogens is 476 g/mol. The van der Waals surface area contributed by atoms with Crippen LogP contribution in [0.1, 0.15) is 22.8 Å². The summed E-state index contributed by atoms with van der Waals surface area (Å²) in [6, 6.07) is 23.7. The van der Waals surface area contributed by atoms with Gasteiger partial charge in [-0.1, -0.05) is 24.3 Å². The Bertz CT molecular complexity index is 1030. The number of halogens is 1. The van der Waals surface area contributed by atoms with Crippen molar-refractivity contribution in [3.8, 4) is 0 Å². The van der Waals surface area contributed by atoms with Gasteiger partial charge in [-0.2, -0.15) is 0 Å². The first-order chi connectivity index (χ1) is 16.1. The summed E-state index contributed by atoms with van der Waals surface area (Å²) < 4.78 is 3.45. The second kappa shape index (κ2) is 10.7. The molecule has 0 fully saturated rings. The monoisotopic (exact) mass is 502 g/mol. The second-order valence-electron chi connectivity index (χ2n) is 8.32. The van der Waals surface area contributed by atoms with Gasteiger partial charge in [0.1, 0.15) is 0 Å². The fraction of sp³-hybridized carbons (Fsp3) is 0.231. The number of aromatic nitrogens is 4. The molecule has 0 aliphatic rings. The summed E-state index contributed by atoms with van der Waals surface area (Å²) in [5.41, 5.74) is 9.71. The summed E-state index contributed by atoms with van der Waals surface area (Å²) in [6.45, 7) is 0. The smallest absolute Gasteiger partial charge is 0.0583 e. The number of hydrogen-bond donors (Lipinski definition) is 2. The van der Waals surface area contributed by atoms with Crippen LogP contribution >= 0.6 is 16.1 Å². The molecule has 0 radical (unpaired) electrons. The van der Waals surface area contributed by atoms with Crippen molar-refractivity contribution in [2.45, 2.75) is 36.8 Å². The highest BCUT2D eigenvalue weighted by molar-refractivity contribution is 9.08. The zero-order valence-corrected chi connectivity index (χ0v) is 19.9. The molecule has 0 aromatic carbocycles. The molecule has 3 N–H and O–H groups in total. The van der Waals surface area contributed by atoms with Crippen molar-refractivity contribution >= 4 is 16.1 Å². The molecule has 0 atom stereocenters. The van der Waals surface area contributed by atoms with Gasteiger partial charge in [-0.15, -0.1) is 0 Å². The molecule has 7 heteroatoms. The van der Waals surface area contributed by atoms with Crippen LogP contribution in [0.4, 0.5) is 0 Å². The van der Waals surface area contributed by atoms with E-state index >= 15 is 0 Å². The Kier molecular flexibility index (Phi) is 7.54. The predicted octanol–water partition coefficient (Wildman–Crippen LogP) is 3.87. The van der Waals surface area contributed by atoms with Crippen molar-refractivity contribution in [3.63, 3.8) is 0 Å². The third-order valence-corrected chi connectivity index (χ3v) is 6.76. The Morgan fingerprint density at radius 2 is 0.909 bits per heavy atom. The molecule has 0 saturated carbocycles. The lowest BCUT2D eigenvalue weighted by molar-refractivity contribution is 0.189. The normalized spacial score (nSPS) is 11.9. The lowest BCUT2D eigenvalue weighted by Crippen LogP contribution is -2.70. The lowest BCUT2D eigenvalue weighted by atomic mass is 9.67. The first-order valence-electron chi connectivity index (χ1n) is 10.9. The highest BCUT2D eigenvalue weighted by Gasteiger charge is 2.49. The van der Waals surface area contributed by atoms with E-state index in [0.717, 1.165) is 22.8 Å². The van der Waals surface area contributed by atoms with Crippen LogP contribution in [0, 0.1) is 0 Å². The molecule has 0 unspecified atom stereocenters. The minimum absolute atomic E-state index is 0.544. The third kappa shape index (κ3) is 5.68. The Balaban J connectivity index is 1.83. The largest absolute Gasteiger partial charge is 0.323 e. The summed E-state index contributed by atoms with van der Waals surface area (Å²) in [5, 5.41) is 0. The van der Waals surface area contributed by atoms with Gasteiger partial charge in [-0.25, -0.2) is 4.34 Å². The number of nitrogens with one attached hydrogen (secondary N) is 1. The van der Waals surface area contributed by atoms with E-state index in [-0.39, 0.29) is 0 Å². The van der Waals surface area contributed by atoms with Crippen LogP contribution in [0.2, 0.25) is 0 Å². The SMILES string of the molecule is NC(Cc1ccccn1)(Cc1ccccn1)C(Cc1ccccn1)(Cc1ccccn1)NBr. The van der Waals surface area contributed by atoms with Gasteiger partial charge in [-0.05, 0) is 48.5 Å². The number of hydrogen-bond acceptors (Lipinski definition) is 6. The standard InChI is InChI=1S/C26H27BrN6/c27-33-26(19-23-11-3-7-15-31-23,20-24-12-4-8-16-32-24)25(28,17-21-9-1-5-13-29-21)18-22-10-2-6-14-30-22/h1-16,33H,17-20,28H2. The van der Waals surface area contributed by atoms with Crippen LogP contribution in [0.15, 0.2) is 97.6 Å². The molecule has 0 aliphatic carbocycles. The predicted molar refractivity (Wildman–Crippen MR) is 133 cm³/mol. The van der Waals surface area contributed by atoms with Gasteiger partial charge in [0.2, 0.25) is 0 Å². The summed E-state index contributed by atoms with van der Waals surface area (Å²) in [6.07, 6.45) is 9.49. The molecule has 0 bridgehead atoms. The van der Waals surface area contributed by atoms with Gasteiger partial charge in [0.05, 0.1) is 5.54 Å². The van der Waals surface area contributed by atoms with E-state index in [0.29, 0.717) is 25.7 Å². The zero-order chi connectivity index (χ0) is 23.0. The average molecular weight is 503 g/mol. The summed E-state index contributed by atoms with van der Waals surface area (Å²) >= 11 is 3.62. The summed E-state index contributed by atoms with van der Waals surface area (Å²) in [4.78, 5) is 18.4. The van der Waals surface area contributed by atoms with E-state index in [1.807, 2.05) is 85.2 Å². The molecular formula is C26H27BrN6. The maximum absolute atomic E-state index is 7.42. The van der Waals surface area contributed by atoms with Crippen molar-refractivity contribution in [1.29, 1.82) is 0 Å². The van der Waals surface area contributed by atoms with Gasteiger partial charge in [-0.3, -0.25) is 19.9 Å². The van der Waals surface area contributed by atoms with Gasteiger partial charge in [0.15, 0.2) is 0 Å². The molecule has 4 heterocycles. The van der Waals surface area contributed by atoms with Crippen LogP contribution in [-0.4, -0.2) is 31.0 Å². The molecule has 0 aliphatic heterocycles. The van der Waals surface area contributed by atoms with Crippen LogP contribution in [0.5, 0.6) is 0 Å².